The third-order valence-corrected chi connectivity index (χ3v) is 6.46. The van der Waals surface area contributed by atoms with E-state index in [0.29, 0.717) is 24.6 Å². The topological polar surface area (TPSA) is 12.5 Å². The average molecular weight is 527 g/mol. The van der Waals surface area contributed by atoms with Gasteiger partial charge in [-0.15, -0.1) is 0 Å². The second-order valence-corrected chi connectivity index (χ2v) is 9.88. The SMILES string of the molecule is CC(C)N(CC[C@H](c1ccccc1)c1cc(I)ccc1OCc1ccccc1)C(C)C. The lowest BCUT2D eigenvalue weighted by Crippen LogP contribution is -2.38. The standard InChI is InChI=1S/C28H34INO/c1-21(2)30(22(3)4)18-17-26(24-13-9-6-10-14-24)27-19-25(29)15-16-28(27)31-20-23-11-7-5-8-12-23/h5-16,19,21-22,26H,17-18,20H2,1-4H3/t26-/m1/s1. The van der Waals surface area contributed by atoms with Gasteiger partial charge in [-0.25, -0.2) is 0 Å². The predicted molar refractivity (Wildman–Crippen MR) is 140 cm³/mol. The van der Waals surface area contributed by atoms with Gasteiger partial charge in [0.05, 0.1) is 0 Å². The van der Waals surface area contributed by atoms with E-state index in [4.69, 9.17) is 4.74 Å². The molecule has 0 aromatic heterocycles. The lowest BCUT2D eigenvalue weighted by atomic mass is 9.87. The molecule has 0 bridgehead atoms. The van der Waals surface area contributed by atoms with Crippen LogP contribution in [0.4, 0.5) is 0 Å². The van der Waals surface area contributed by atoms with Gasteiger partial charge in [0.2, 0.25) is 0 Å². The first-order valence-electron chi connectivity index (χ1n) is 11.2. The van der Waals surface area contributed by atoms with Crippen LogP contribution in [0.2, 0.25) is 0 Å². The van der Waals surface area contributed by atoms with Gasteiger partial charge in [-0.1, -0.05) is 60.7 Å². The molecule has 3 heteroatoms. The molecule has 0 unspecified atom stereocenters. The summed E-state index contributed by atoms with van der Waals surface area (Å²) in [5.74, 6) is 1.28. The Kier molecular flexibility index (Phi) is 8.97. The maximum absolute atomic E-state index is 6.37. The summed E-state index contributed by atoms with van der Waals surface area (Å²) in [6.45, 7) is 10.8. The van der Waals surface area contributed by atoms with Gasteiger partial charge in [-0.05, 0) is 92.6 Å². The lowest BCUT2D eigenvalue weighted by Gasteiger charge is -2.32. The molecule has 3 aromatic carbocycles. The molecule has 0 aliphatic rings. The van der Waals surface area contributed by atoms with Crippen LogP contribution in [0.3, 0.4) is 0 Å². The second-order valence-electron chi connectivity index (χ2n) is 8.63. The first-order chi connectivity index (χ1) is 15.0. The van der Waals surface area contributed by atoms with E-state index in [-0.39, 0.29) is 0 Å². The molecule has 0 N–H and O–H groups in total. The number of hydrogen-bond donors (Lipinski definition) is 0. The monoisotopic (exact) mass is 527 g/mol. The van der Waals surface area contributed by atoms with Crippen LogP contribution < -0.4 is 4.74 Å². The third-order valence-electron chi connectivity index (χ3n) is 5.79. The van der Waals surface area contributed by atoms with E-state index >= 15 is 0 Å². The molecule has 31 heavy (non-hydrogen) atoms. The number of ether oxygens (including phenoxy) is 1. The van der Waals surface area contributed by atoms with Crippen molar-refractivity contribution >= 4 is 22.6 Å². The molecule has 164 valence electrons. The first-order valence-corrected chi connectivity index (χ1v) is 12.3. The van der Waals surface area contributed by atoms with E-state index in [9.17, 15) is 0 Å². The molecule has 0 spiro atoms. The van der Waals surface area contributed by atoms with Gasteiger partial charge in [-0.3, -0.25) is 4.90 Å². The van der Waals surface area contributed by atoms with Crippen molar-refractivity contribution in [3.05, 3.63) is 99.1 Å². The van der Waals surface area contributed by atoms with Gasteiger partial charge in [0.25, 0.3) is 0 Å². The molecule has 0 radical (unpaired) electrons. The Morgan fingerprint density at radius 2 is 1.42 bits per heavy atom. The highest BCUT2D eigenvalue weighted by Gasteiger charge is 2.22. The number of rotatable bonds is 10. The first kappa shape index (κ1) is 23.8. The Labute approximate surface area is 201 Å². The average Bonchev–Trinajstić information content (AvgIpc) is 2.76. The fourth-order valence-electron chi connectivity index (χ4n) is 4.24. The van der Waals surface area contributed by atoms with Crippen molar-refractivity contribution in [2.24, 2.45) is 0 Å². The summed E-state index contributed by atoms with van der Waals surface area (Å²) >= 11 is 2.41. The highest BCUT2D eigenvalue weighted by Crippen LogP contribution is 2.36. The number of benzene rings is 3. The molecule has 0 aliphatic carbocycles. The molecular weight excluding hydrogens is 493 g/mol. The van der Waals surface area contributed by atoms with E-state index in [1.54, 1.807) is 0 Å². The van der Waals surface area contributed by atoms with Gasteiger partial charge < -0.3 is 4.74 Å². The Morgan fingerprint density at radius 3 is 2.03 bits per heavy atom. The van der Waals surface area contributed by atoms with Gasteiger partial charge in [0, 0.05) is 27.1 Å². The highest BCUT2D eigenvalue weighted by molar-refractivity contribution is 14.1. The van der Waals surface area contributed by atoms with Crippen LogP contribution >= 0.6 is 22.6 Å². The molecule has 0 saturated heterocycles. The van der Waals surface area contributed by atoms with Crippen LogP contribution in [0.25, 0.3) is 0 Å². The molecule has 1 atom stereocenters. The Morgan fingerprint density at radius 1 is 0.806 bits per heavy atom. The molecule has 0 aliphatic heterocycles. The summed E-state index contributed by atoms with van der Waals surface area (Å²) in [4.78, 5) is 2.58. The largest absolute Gasteiger partial charge is 0.489 e. The minimum Gasteiger partial charge on any atom is -0.489 e. The minimum atomic E-state index is 0.293. The second kappa shape index (κ2) is 11.7. The fourth-order valence-corrected chi connectivity index (χ4v) is 4.75. The summed E-state index contributed by atoms with van der Waals surface area (Å²) in [7, 11) is 0. The van der Waals surface area contributed by atoms with Crippen molar-refractivity contribution in [3.8, 4) is 5.75 Å². The lowest BCUT2D eigenvalue weighted by molar-refractivity contribution is 0.170. The van der Waals surface area contributed by atoms with Crippen LogP contribution in [0.15, 0.2) is 78.9 Å². The Hall–Kier alpha value is -1.85. The number of halogens is 1. The van der Waals surface area contributed by atoms with Crippen molar-refractivity contribution < 1.29 is 4.74 Å². The molecule has 0 heterocycles. The molecule has 3 aromatic rings. The zero-order valence-corrected chi connectivity index (χ0v) is 21.2. The number of hydrogen-bond acceptors (Lipinski definition) is 2. The van der Waals surface area contributed by atoms with Crippen molar-refractivity contribution in [2.45, 2.75) is 58.7 Å². The van der Waals surface area contributed by atoms with E-state index in [1.165, 1.54) is 20.3 Å². The van der Waals surface area contributed by atoms with Crippen molar-refractivity contribution in [1.82, 2.24) is 4.90 Å². The maximum Gasteiger partial charge on any atom is 0.123 e. The highest BCUT2D eigenvalue weighted by atomic mass is 127. The van der Waals surface area contributed by atoms with Gasteiger partial charge >= 0.3 is 0 Å². The molecule has 0 fully saturated rings. The van der Waals surface area contributed by atoms with Crippen LogP contribution in [0.5, 0.6) is 5.75 Å². The number of nitrogens with zero attached hydrogens (tertiary/aromatic N) is 1. The zero-order chi connectivity index (χ0) is 22.2. The van der Waals surface area contributed by atoms with Gasteiger partial charge in [0.15, 0.2) is 0 Å². The summed E-state index contributed by atoms with van der Waals surface area (Å²) in [6, 6.07) is 28.9. The quantitative estimate of drug-likeness (QED) is 0.253. The predicted octanol–water partition coefficient (Wildman–Crippen LogP) is 7.51. The molecule has 0 saturated carbocycles. The van der Waals surface area contributed by atoms with E-state index in [2.05, 4.69) is 128 Å². The summed E-state index contributed by atoms with van der Waals surface area (Å²) in [6.07, 6.45) is 1.06. The van der Waals surface area contributed by atoms with Crippen LogP contribution in [0, 0.1) is 3.57 Å². The summed E-state index contributed by atoms with van der Waals surface area (Å²) in [5, 5.41) is 0. The van der Waals surface area contributed by atoms with E-state index in [0.717, 1.165) is 18.7 Å². The molecular formula is C28H34INO. The van der Waals surface area contributed by atoms with Crippen LogP contribution in [0.1, 0.15) is 56.7 Å². The minimum absolute atomic E-state index is 0.293. The Bertz CT molecular complexity index is 916. The van der Waals surface area contributed by atoms with Gasteiger partial charge in [-0.2, -0.15) is 0 Å². The Balaban J connectivity index is 1.91. The third kappa shape index (κ3) is 6.81. The van der Waals surface area contributed by atoms with Crippen molar-refractivity contribution in [2.75, 3.05) is 6.54 Å². The van der Waals surface area contributed by atoms with E-state index in [1.807, 2.05) is 6.07 Å². The molecule has 0 amide bonds. The van der Waals surface area contributed by atoms with Crippen LogP contribution in [-0.2, 0) is 6.61 Å². The van der Waals surface area contributed by atoms with Crippen molar-refractivity contribution in [3.63, 3.8) is 0 Å². The van der Waals surface area contributed by atoms with Gasteiger partial charge in [0.1, 0.15) is 12.4 Å². The normalized spacial score (nSPS) is 12.5. The zero-order valence-electron chi connectivity index (χ0n) is 19.1. The smallest absolute Gasteiger partial charge is 0.123 e. The molecule has 3 rings (SSSR count). The molecule has 2 nitrogen and oxygen atoms in total. The maximum atomic E-state index is 6.37. The fraction of sp³-hybridized carbons (Fsp3) is 0.357. The summed E-state index contributed by atoms with van der Waals surface area (Å²) < 4.78 is 7.61. The van der Waals surface area contributed by atoms with Crippen LogP contribution in [-0.4, -0.2) is 23.5 Å². The van der Waals surface area contributed by atoms with Crippen molar-refractivity contribution in [1.29, 1.82) is 0 Å². The van der Waals surface area contributed by atoms with E-state index < -0.39 is 0 Å². The summed E-state index contributed by atoms with van der Waals surface area (Å²) in [5.41, 5.74) is 3.82.